The van der Waals surface area contributed by atoms with Crippen LogP contribution in [0, 0.1) is 5.92 Å². The number of benzene rings is 1. The highest BCUT2D eigenvalue weighted by molar-refractivity contribution is 6.07. The molecule has 1 atom stereocenters. The van der Waals surface area contributed by atoms with Crippen molar-refractivity contribution in [3.05, 3.63) is 60.4 Å². The normalized spacial score (nSPS) is 16.3. The van der Waals surface area contributed by atoms with Gasteiger partial charge in [-0.1, -0.05) is 18.2 Å². The molecule has 0 spiro atoms. The molecule has 1 amide bonds. The number of aliphatic hydroxyl groups is 2. The summed E-state index contributed by atoms with van der Waals surface area (Å²) >= 11 is 0. The van der Waals surface area contributed by atoms with E-state index >= 15 is 0 Å². The molecule has 4 rings (SSSR count). The number of pyridine rings is 2. The molecule has 1 aliphatic heterocycles. The Hall–Kier alpha value is -2.83. The van der Waals surface area contributed by atoms with Crippen LogP contribution < -0.4 is 0 Å². The first-order chi connectivity index (χ1) is 13.7. The topological polar surface area (TPSA) is 86.6 Å². The van der Waals surface area contributed by atoms with Crippen molar-refractivity contribution < 1.29 is 15.0 Å². The maximum absolute atomic E-state index is 13.3. The standard InChI is InChI=1S/C22H23N3O3/c26-14-21(27)15-7-10-25(11-8-15)22(28)18-12-20(16-4-3-9-23-13-16)24-19-6-2-1-5-17(18)19/h1-6,9,12-13,15,21,26-27H,7-8,10-11,14H2. The minimum atomic E-state index is -0.712. The van der Waals surface area contributed by atoms with Gasteiger partial charge in [-0.25, -0.2) is 4.98 Å². The van der Waals surface area contributed by atoms with E-state index < -0.39 is 6.10 Å². The third-order valence-electron chi connectivity index (χ3n) is 5.46. The summed E-state index contributed by atoms with van der Waals surface area (Å²) in [4.78, 5) is 24.0. The molecule has 0 radical (unpaired) electrons. The largest absolute Gasteiger partial charge is 0.394 e. The van der Waals surface area contributed by atoms with E-state index in [0.717, 1.165) is 22.2 Å². The average molecular weight is 377 g/mol. The van der Waals surface area contributed by atoms with Crippen molar-refractivity contribution in [1.82, 2.24) is 14.9 Å². The highest BCUT2D eigenvalue weighted by atomic mass is 16.3. The zero-order chi connectivity index (χ0) is 19.5. The number of rotatable bonds is 4. The van der Waals surface area contributed by atoms with Crippen LogP contribution >= 0.6 is 0 Å². The van der Waals surface area contributed by atoms with E-state index in [1.165, 1.54) is 0 Å². The monoisotopic (exact) mass is 377 g/mol. The third kappa shape index (κ3) is 3.61. The second kappa shape index (κ2) is 8.04. The number of hydrogen-bond donors (Lipinski definition) is 2. The molecule has 144 valence electrons. The van der Waals surface area contributed by atoms with E-state index in [9.17, 15) is 9.90 Å². The van der Waals surface area contributed by atoms with Crippen LogP contribution in [0.25, 0.3) is 22.2 Å². The predicted molar refractivity (Wildman–Crippen MR) is 107 cm³/mol. The van der Waals surface area contributed by atoms with Crippen molar-refractivity contribution in [3.8, 4) is 11.3 Å². The van der Waals surface area contributed by atoms with Gasteiger partial charge >= 0.3 is 0 Å². The lowest BCUT2D eigenvalue weighted by atomic mass is 9.91. The lowest BCUT2D eigenvalue weighted by Gasteiger charge is -2.34. The number of nitrogens with zero attached hydrogens (tertiary/aromatic N) is 3. The Kier molecular flexibility index (Phi) is 5.32. The summed E-state index contributed by atoms with van der Waals surface area (Å²) in [5.41, 5.74) is 3.00. The van der Waals surface area contributed by atoms with Gasteiger partial charge in [0, 0.05) is 36.4 Å². The molecule has 0 saturated carbocycles. The van der Waals surface area contributed by atoms with Crippen LogP contribution in [-0.2, 0) is 0 Å². The highest BCUT2D eigenvalue weighted by Gasteiger charge is 2.28. The summed E-state index contributed by atoms with van der Waals surface area (Å²) < 4.78 is 0. The number of amides is 1. The van der Waals surface area contributed by atoms with E-state index in [1.807, 2.05) is 47.4 Å². The van der Waals surface area contributed by atoms with Crippen LogP contribution in [0.2, 0.25) is 0 Å². The summed E-state index contributed by atoms with van der Waals surface area (Å²) in [6.07, 6.45) is 4.11. The van der Waals surface area contributed by atoms with Crippen LogP contribution in [-0.4, -0.2) is 56.8 Å². The predicted octanol–water partition coefficient (Wildman–Crippen LogP) is 2.50. The smallest absolute Gasteiger partial charge is 0.254 e. The van der Waals surface area contributed by atoms with Gasteiger partial charge in [0.25, 0.3) is 5.91 Å². The number of fused-ring (bicyclic) bond motifs is 1. The van der Waals surface area contributed by atoms with E-state index in [4.69, 9.17) is 10.1 Å². The summed E-state index contributed by atoms with van der Waals surface area (Å²) in [6.45, 7) is 0.904. The van der Waals surface area contributed by atoms with Crippen LogP contribution in [0.3, 0.4) is 0 Å². The lowest BCUT2D eigenvalue weighted by Crippen LogP contribution is -2.42. The van der Waals surface area contributed by atoms with Crippen molar-refractivity contribution >= 4 is 16.8 Å². The lowest BCUT2D eigenvalue weighted by molar-refractivity contribution is 0.0179. The maximum atomic E-state index is 13.3. The molecule has 6 nitrogen and oxygen atoms in total. The first-order valence-electron chi connectivity index (χ1n) is 9.56. The molecule has 2 aromatic heterocycles. The Morgan fingerprint density at radius 3 is 2.68 bits per heavy atom. The molecular formula is C22H23N3O3. The van der Waals surface area contributed by atoms with Gasteiger partial charge in [-0.15, -0.1) is 0 Å². The van der Waals surface area contributed by atoms with Crippen LogP contribution in [0.5, 0.6) is 0 Å². The zero-order valence-electron chi connectivity index (χ0n) is 15.5. The van der Waals surface area contributed by atoms with Crippen molar-refractivity contribution in [2.75, 3.05) is 19.7 Å². The van der Waals surface area contributed by atoms with Crippen molar-refractivity contribution in [2.45, 2.75) is 18.9 Å². The SMILES string of the molecule is O=C(c1cc(-c2cccnc2)nc2ccccc12)N1CCC(C(O)CO)CC1. The van der Waals surface area contributed by atoms with Gasteiger partial charge in [-0.05, 0) is 43.0 Å². The van der Waals surface area contributed by atoms with Crippen LogP contribution in [0.4, 0.5) is 0 Å². The first-order valence-corrected chi connectivity index (χ1v) is 9.56. The van der Waals surface area contributed by atoms with Gasteiger partial charge in [0.1, 0.15) is 0 Å². The molecule has 6 heteroatoms. The summed E-state index contributed by atoms with van der Waals surface area (Å²) in [7, 11) is 0. The Balaban J connectivity index is 1.67. The van der Waals surface area contributed by atoms with Gasteiger partial charge in [-0.3, -0.25) is 9.78 Å². The fourth-order valence-corrected chi connectivity index (χ4v) is 3.82. The number of carbonyl (C=O) groups is 1. The van der Waals surface area contributed by atoms with Crippen LogP contribution in [0.15, 0.2) is 54.9 Å². The molecule has 0 aliphatic carbocycles. The summed E-state index contributed by atoms with van der Waals surface area (Å²) in [5, 5.41) is 19.8. The molecule has 3 aromatic rings. The van der Waals surface area contributed by atoms with E-state index in [0.29, 0.717) is 31.5 Å². The summed E-state index contributed by atoms with van der Waals surface area (Å²) in [6, 6.07) is 13.3. The van der Waals surface area contributed by atoms with Crippen molar-refractivity contribution in [1.29, 1.82) is 0 Å². The molecule has 2 N–H and O–H groups in total. The Morgan fingerprint density at radius 1 is 1.18 bits per heavy atom. The first kappa shape index (κ1) is 18.5. The second-order valence-electron chi connectivity index (χ2n) is 7.19. The molecule has 1 aromatic carbocycles. The Morgan fingerprint density at radius 2 is 1.96 bits per heavy atom. The zero-order valence-corrected chi connectivity index (χ0v) is 15.5. The fraction of sp³-hybridized carbons (Fsp3) is 0.318. The molecule has 1 aliphatic rings. The molecular weight excluding hydrogens is 354 g/mol. The number of carbonyl (C=O) groups excluding carboxylic acids is 1. The van der Waals surface area contributed by atoms with E-state index in [2.05, 4.69) is 4.98 Å². The molecule has 1 unspecified atom stereocenters. The van der Waals surface area contributed by atoms with E-state index in [1.54, 1.807) is 12.4 Å². The number of likely N-dealkylation sites (tertiary alicyclic amines) is 1. The fourth-order valence-electron chi connectivity index (χ4n) is 3.82. The molecule has 0 bridgehead atoms. The number of aliphatic hydroxyl groups excluding tert-OH is 2. The van der Waals surface area contributed by atoms with Gasteiger partial charge < -0.3 is 15.1 Å². The average Bonchev–Trinajstić information content (AvgIpc) is 2.78. The molecule has 3 heterocycles. The molecule has 28 heavy (non-hydrogen) atoms. The molecule has 1 fully saturated rings. The molecule has 1 saturated heterocycles. The highest BCUT2D eigenvalue weighted by Crippen LogP contribution is 2.27. The van der Waals surface area contributed by atoms with E-state index in [-0.39, 0.29) is 18.4 Å². The Labute approximate surface area is 163 Å². The second-order valence-corrected chi connectivity index (χ2v) is 7.19. The van der Waals surface area contributed by atoms with Gasteiger partial charge in [0.05, 0.1) is 29.5 Å². The number of piperidine rings is 1. The minimum absolute atomic E-state index is 0.0271. The van der Waals surface area contributed by atoms with Crippen molar-refractivity contribution in [2.24, 2.45) is 5.92 Å². The van der Waals surface area contributed by atoms with Gasteiger partial charge in [0.2, 0.25) is 0 Å². The quantitative estimate of drug-likeness (QED) is 0.730. The number of aromatic nitrogens is 2. The van der Waals surface area contributed by atoms with Gasteiger partial charge in [-0.2, -0.15) is 0 Å². The third-order valence-corrected chi connectivity index (χ3v) is 5.46. The number of hydrogen-bond acceptors (Lipinski definition) is 5. The Bertz CT molecular complexity index is 969. The van der Waals surface area contributed by atoms with Crippen LogP contribution in [0.1, 0.15) is 23.2 Å². The maximum Gasteiger partial charge on any atom is 0.254 e. The summed E-state index contributed by atoms with van der Waals surface area (Å²) in [5.74, 6) is 0.00914. The number of para-hydroxylation sites is 1. The minimum Gasteiger partial charge on any atom is -0.394 e. The van der Waals surface area contributed by atoms with Crippen molar-refractivity contribution in [3.63, 3.8) is 0 Å². The van der Waals surface area contributed by atoms with Gasteiger partial charge in [0.15, 0.2) is 0 Å².